The Hall–Kier alpha value is -1.61. The largest absolute Gasteiger partial charge is 0.355 e. The normalized spacial score (nSPS) is 11.2. The van der Waals surface area contributed by atoms with E-state index in [-0.39, 0.29) is 0 Å². The van der Waals surface area contributed by atoms with Crippen molar-refractivity contribution in [1.29, 1.82) is 0 Å². The van der Waals surface area contributed by atoms with Crippen LogP contribution in [0.4, 0.5) is 0 Å². The lowest BCUT2D eigenvalue weighted by Crippen LogP contribution is -2.68. The number of benzene rings is 1. The van der Waals surface area contributed by atoms with Crippen LogP contribution in [0, 0.1) is 10.2 Å². The molecule has 7 nitrogen and oxygen atoms in total. The predicted octanol–water partition coefficient (Wildman–Crippen LogP) is -2.73. The number of halogens is 2. The first-order valence-corrected chi connectivity index (χ1v) is 6.80. The van der Waals surface area contributed by atoms with E-state index in [0.29, 0.717) is 5.02 Å². The first-order chi connectivity index (χ1) is 9.34. The Labute approximate surface area is 120 Å². The minimum absolute atomic E-state index is 0.702. The SMILES string of the molecule is Clc1ccc2nnc3cccc[n+]3c2c1.[O-][Cl+3]([O-])([O-])[O-]. The molecule has 0 spiro atoms. The molecule has 2 heterocycles. The Kier molecular flexibility index (Phi) is 4.29. The van der Waals surface area contributed by atoms with Gasteiger partial charge in [-0.3, -0.25) is 0 Å². The van der Waals surface area contributed by atoms with E-state index in [9.17, 15) is 0 Å². The summed E-state index contributed by atoms with van der Waals surface area (Å²) in [6, 6.07) is 11.4. The van der Waals surface area contributed by atoms with Crippen LogP contribution < -0.4 is 23.0 Å². The molecular formula is C11H7Cl2N3O4. The van der Waals surface area contributed by atoms with Crippen molar-refractivity contribution in [2.45, 2.75) is 0 Å². The number of hydrogen-bond acceptors (Lipinski definition) is 6. The molecule has 0 aliphatic heterocycles. The van der Waals surface area contributed by atoms with Crippen LogP contribution in [0.3, 0.4) is 0 Å². The van der Waals surface area contributed by atoms with Crippen molar-refractivity contribution >= 4 is 28.3 Å². The second-order valence-electron chi connectivity index (χ2n) is 3.64. The monoisotopic (exact) mass is 315 g/mol. The standard InChI is InChI=1S/C11H7ClN3.ClHO4/c12-8-4-5-9-10(7-8)15-6-2-1-3-11(15)14-13-9;2-1(3,4)5/h1-7H;(H,2,3,4,5)/q+1;/p-1. The molecular weight excluding hydrogens is 309 g/mol. The summed E-state index contributed by atoms with van der Waals surface area (Å²) < 4.78 is 35.9. The van der Waals surface area contributed by atoms with Crippen LogP contribution in [0.2, 0.25) is 5.02 Å². The Morgan fingerprint density at radius 1 is 1.00 bits per heavy atom. The van der Waals surface area contributed by atoms with Crippen LogP contribution in [0.25, 0.3) is 16.7 Å². The highest BCUT2D eigenvalue weighted by Crippen LogP contribution is 2.14. The van der Waals surface area contributed by atoms with Gasteiger partial charge in [0.25, 0.3) is 0 Å². The summed E-state index contributed by atoms with van der Waals surface area (Å²) in [6.45, 7) is 0. The summed E-state index contributed by atoms with van der Waals surface area (Å²) in [4.78, 5) is 0. The minimum atomic E-state index is -4.94. The predicted molar refractivity (Wildman–Crippen MR) is 57.7 cm³/mol. The zero-order chi connectivity index (χ0) is 14.8. The Bertz CT molecular complexity index is 742. The van der Waals surface area contributed by atoms with Gasteiger partial charge in [0, 0.05) is 17.2 Å². The van der Waals surface area contributed by atoms with Gasteiger partial charge in [0.1, 0.15) is 0 Å². The van der Waals surface area contributed by atoms with Gasteiger partial charge in [-0.15, -0.1) is 10.2 Å². The molecule has 0 unspecified atom stereocenters. The molecule has 0 atom stereocenters. The van der Waals surface area contributed by atoms with Crippen LogP contribution >= 0.6 is 11.6 Å². The van der Waals surface area contributed by atoms with Gasteiger partial charge in [0.15, 0.2) is 11.0 Å². The molecule has 1 aromatic carbocycles. The summed E-state index contributed by atoms with van der Waals surface area (Å²) in [6.07, 6.45) is 1.95. The van der Waals surface area contributed by atoms with Crippen LogP contribution in [0.5, 0.6) is 0 Å². The van der Waals surface area contributed by atoms with Crippen molar-refractivity contribution in [2.75, 3.05) is 0 Å². The quantitative estimate of drug-likeness (QED) is 0.328. The van der Waals surface area contributed by atoms with E-state index in [2.05, 4.69) is 10.2 Å². The highest BCUT2D eigenvalue weighted by Gasteiger charge is 2.09. The Balaban J connectivity index is 0.000000257. The molecule has 104 valence electrons. The summed E-state index contributed by atoms with van der Waals surface area (Å²) in [5.74, 6) is 0. The number of pyridine rings is 1. The molecule has 0 saturated carbocycles. The van der Waals surface area contributed by atoms with E-state index >= 15 is 0 Å². The molecule has 0 aliphatic carbocycles. The lowest BCUT2D eigenvalue weighted by atomic mass is 10.3. The zero-order valence-electron chi connectivity index (χ0n) is 9.77. The fraction of sp³-hybridized carbons (Fsp3) is 0. The molecule has 0 saturated heterocycles. The first kappa shape index (κ1) is 14.8. The molecule has 0 bridgehead atoms. The van der Waals surface area contributed by atoms with Gasteiger partial charge in [-0.05, 0) is 23.3 Å². The van der Waals surface area contributed by atoms with Crippen LogP contribution in [-0.2, 0) is 0 Å². The summed E-state index contributed by atoms with van der Waals surface area (Å²) >= 11 is 5.96. The van der Waals surface area contributed by atoms with E-state index in [0.717, 1.165) is 16.7 Å². The number of hydrogen-bond donors (Lipinski definition) is 0. The molecule has 20 heavy (non-hydrogen) atoms. The smallest absolute Gasteiger partial charge is 0.222 e. The highest BCUT2D eigenvalue weighted by molar-refractivity contribution is 6.31. The molecule has 0 aliphatic rings. The number of fused-ring (bicyclic) bond motifs is 3. The average Bonchev–Trinajstić information content (AvgIpc) is 2.36. The maximum atomic E-state index is 8.49. The van der Waals surface area contributed by atoms with Gasteiger partial charge in [0.05, 0.1) is 11.3 Å². The second-order valence-corrected chi connectivity index (χ2v) is 4.83. The van der Waals surface area contributed by atoms with Crippen molar-refractivity contribution < 1.29 is 33.3 Å². The van der Waals surface area contributed by atoms with E-state index in [1.807, 2.05) is 47.0 Å². The minimum Gasteiger partial charge on any atom is -0.222 e. The molecule has 9 heteroatoms. The fourth-order valence-corrected chi connectivity index (χ4v) is 1.76. The zero-order valence-corrected chi connectivity index (χ0v) is 11.3. The van der Waals surface area contributed by atoms with Crippen molar-refractivity contribution in [1.82, 2.24) is 10.2 Å². The molecule has 0 radical (unpaired) electrons. The van der Waals surface area contributed by atoms with E-state index in [1.54, 1.807) is 0 Å². The first-order valence-electron chi connectivity index (χ1n) is 5.19. The molecule has 3 aromatic rings. The summed E-state index contributed by atoms with van der Waals surface area (Å²) in [5, 5.41) is 8.93. The lowest BCUT2D eigenvalue weighted by molar-refractivity contribution is -2.00. The van der Waals surface area contributed by atoms with Crippen LogP contribution in [0.1, 0.15) is 0 Å². The summed E-state index contributed by atoms with van der Waals surface area (Å²) in [7, 11) is -4.94. The maximum absolute atomic E-state index is 8.49. The van der Waals surface area contributed by atoms with Crippen molar-refractivity contribution in [3.8, 4) is 0 Å². The molecule has 2 aromatic heterocycles. The fourth-order valence-electron chi connectivity index (χ4n) is 1.60. The van der Waals surface area contributed by atoms with Gasteiger partial charge in [-0.25, -0.2) is 18.6 Å². The second kappa shape index (κ2) is 5.80. The lowest BCUT2D eigenvalue weighted by Gasteiger charge is -2.17. The third kappa shape index (κ3) is 3.94. The average molecular weight is 316 g/mol. The van der Waals surface area contributed by atoms with Gasteiger partial charge in [-0.2, -0.15) is 4.40 Å². The van der Waals surface area contributed by atoms with Gasteiger partial charge >= 0.3 is 5.65 Å². The van der Waals surface area contributed by atoms with Crippen molar-refractivity contribution in [2.24, 2.45) is 0 Å². The van der Waals surface area contributed by atoms with Gasteiger partial charge in [-0.1, -0.05) is 17.7 Å². The Morgan fingerprint density at radius 3 is 2.40 bits per heavy atom. The molecule has 0 N–H and O–H groups in total. The molecule has 0 fully saturated rings. The van der Waals surface area contributed by atoms with E-state index < -0.39 is 10.2 Å². The van der Waals surface area contributed by atoms with Gasteiger partial charge in [0.2, 0.25) is 0 Å². The van der Waals surface area contributed by atoms with Crippen LogP contribution in [0.15, 0.2) is 42.6 Å². The highest BCUT2D eigenvalue weighted by atomic mass is 35.7. The topological polar surface area (TPSA) is 122 Å². The maximum Gasteiger partial charge on any atom is 0.355 e. The number of aromatic nitrogens is 3. The van der Waals surface area contributed by atoms with Gasteiger partial charge < -0.3 is 0 Å². The molecule has 0 amide bonds. The van der Waals surface area contributed by atoms with Crippen LogP contribution in [-0.4, -0.2) is 10.2 Å². The van der Waals surface area contributed by atoms with Crippen molar-refractivity contribution in [3.05, 3.63) is 47.6 Å². The summed E-state index contributed by atoms with van der Waals surface area (Å²) in [5.41, 5.74) is 2.61. The van der Waals surface area contributed by atoms with Crippen molar-refractivity contribution in [3.63, 3.8) is 0 Å². The number of nitrogens with zero attached hydrogens (tertiary/aromatic N) is 3. The number of rotatable bonds is 0. The molecule has 3 rings (SSSR count). The third-order valence-corrected chi connectivity index (χ3v) is 2.53. The third-order valence-electron chi connectivity index (χ3n) is 2.30. The van der Waals surface area contributed by atoms with E-state index in [4.69, 9.17) is 30.2 Å². The Morgan fingerprint density at radius 2 is 1.70 bits per heavy atom. The van der Waals surface area contributed by atoms with E-state index in [1.165, 1.54) is 0 Å².